The van der Waals surface area contributed by atoms with E-state index < -0.39 is 0 Å². The van der Waals surface area contributed by atoms with E-state index >= 15 is 0 Å². The molecule has 0 atom stereocenters. The van der Waals surface area contributed by atoms with Crippen molar-refractivity contribution in [2.24, 2.45) is 0 Å². The molecule has 170 valence electrons. The van der Waals surface area contributed by atoms with Crippen molar-refractivity contribution in [3.63, 3.8) is 0 Å². The van der Waals surface area contributed by atoms with Crippen molar-refractivity contribution in [2.75, 3.05) is 44.2 Å². The summed E-state index contributed by atoms with van der Waals surface area (Å²) in [5.41, 5.74) is 4.95. The van der Waals surface area contributed by atoms with Crippen LogP contribution in [0.4, 0.5) is 10.1 Å². The Balaban J connectivity index is 1.12. The Morgan fingerprint density at radius 3 is 2.31 bits per heavy atom. The summed E-state index contributed by atoms with van der Waals surface area (Å²) in [6.07, 6.45) is 7.19. The Bertz CT molecular complexity index is 930. The van der Waals surface area contributed by atoms with E-state index in [1.165, 1.54) is 55.4 Å². The SMILES string of the molecule is O=C1Cc2cc(C3CCCCC3)ccc2N1CCN1CCN(Cc2ccc(F)cc2)CC1. The number of hydrogen-bond donors (Lipinski definition) is 0. The van der Waals surface area contributed by atoms with Gasteiger partial charge < -0.3 is 4.90 Å². The molecule has 0 bridgehead atoms. The van der Waals surface area contributed by atoms with Crippen LogP contribution in [0.2, 0.25) is 0 Å². The van der Waals surface area contributed by atoms with Gasteiger partial charge in [0, 0.05) is 51.5 Å². The predicted octanol–water partition coefficient (Wildman–Crippen LogP) is 4.58. The molecule has 1 aliphatic carbocycles. The second-order valence-corrected chi connectivity index (χ2v) is 9.69. The van der Waals surface area contributed by atoms with Crippen LogP contribution in [0.15, 0.2) is 42.5 Å². The number of piperazine rings is 1. The topological polar surface area (TPSA) is 26.8 Å². The third-order valence-electron chi connectivity index (χ3n) is 7.54. The molecular weight excluding hydrogens is 401 g/mol. The van der Waals surface area contributed by atoms with E-state index in [-0.39, 0.29) is 11.7 Å². The van der Waals surface area contributed by atoms with Crippen molar-refractivity contribution >= 4 is 11.6 Å². The fourth-order valence-corrected chi connectivity index (χ4v) is 5.60. The van der Waals surface area contributed by atoms with Gasteiger partial charge in [0.15, 0.2) is 0 Å². The Labute approximate surface area is 191 Å². The van der Waals surface area contributed by atoms with Crippen molar-refractivity contribution in [1.29, 1.82) is 0 Å². The van der Waals surface area contributed by atoms with Gasteiger partial charge >= 0.3 is 0 Å². The zero-order chi connectivity index (χ0) is 21.9. The molecule has 0 radical (unpaired) electrons. The minimum absolute atomic E-state index is 0.179. The first-order chi connectivity index (χ1) is 15.7. The summed E-state index contributed by atoms with van der Waals surface area (Å²) in [6, 6.07) is 13.6. The van der Waals surface area contributed by atoms with Gasteiger partial charge in [0.05, 0.1) is 6.42 Å². The van der Waals surface area contributed by atoms with Crippen LogP contribution in [-0.4, -0.2) is 55.0 Å². The molecule has 0 aromatic heterocycles. The maximum atomic E-state index is 13.1. The van der Waals surface area contributed by atoms with Gasteiger partial charge in [-0.25, -0.2) is 4.39 Å². The molecule has 5 heteroatoms. The van der Waals surface area contributed by atoms with Gasteiger partial charge in [-0.05, 0) is 53.6 Å². The van der Waals surface area contributed by atoms with Crippen LogP contribution in [0.3, 0.4) is 0 Å². The Kier molecular flexibility index (Phi) is 6.56. The lowest BCUT2D eigenvalue weighted by Crippen LogP contribution is -2.48. The van der Waals surface area contributed by atoms with E-state index in [1.807, 2.05) is 17.0 Å². The summed E-state index contributed by atoms with van der Waals surface area (Å²) >= 11 is 0. The zero-order valence-corrected chi connectivity index (χ0v) is 18.9. The third kappa shape index (κ3) is 4.89. The Morgan fingerprint density at radius 2 is 1.56 bits per heavy atom. The van der Waals surface area contributed by atoms with Crippen molar-refractivity contribution in [1.82, 2.24) is 9.80 Å². The summed E-state index contributed by atoms with van der Waals surface area (Å²) in [5.74, 6) is 0.752. The van der Waals surface area contributed by atoms with Gasteiger partial charge in [0.25, 0.3) is 0 Å². The van der Waals surface area contributed by atoms with Crippen LogP contribution < -0.4 is 4.90 Å². The van der Waals surface area contributed by atoms with Gasteiger partial charge in [-0.1, -0.05) is 43.5 Å². The summed E-state index contributed by atoms with van der Waals surface area (Å²) in [5, 5.41) is 0. The molecule has 0 spiro atoms. The van der Waals surface area contributed by atoms with Crippen molar-refractivity contribution in [2.45, 2.75) is 51.0 Å². The van der Waals surface area contributed by atoms with E-state index in [0.29, 0.717) is 12.3 Å². The molecule has 2 aromatic rings. The quantitative estimate of drug-likeness (QED) is 0.665. The summed E-state index contributed by atoms with van der Waals surface area (Å²) in [7, 11) is 0. The molecule has 1 saturated heterocycles. The van der Waals surface area contributed by atoms with Crippen molar-refractivity contribution in [3.8, 4) is 0 Å². The number of nitrogens with zero attached hydrogens (tertiary/aromatic N) is 3. The highest BCUT2D eigenvalue weighted by atomic mass is 19.1. The highest BCUT2D eigenvalue weighted by molar-refractivity contribution is 6.01. The number of halogens is 1. The number of carbonyl (C=O) groups is 1. The van der Waals surface area contributed by atoms with Crippen LogP contribution >= 0.6 is 0 Å². The molecule has 32 heavy (non-hydrogen) atoms. The zero-order valence-electron chi connectivity index (χ0n) is 18.9. The minimum Gasteiger partial charge on any atom is -0.311 e. The monoisotopic (exact) mass is 435 g/mol. The van der Waals surface area contributed by atoms with Gasteiger partial charge in [0.1, 0.15) is 5.82 Å². The van der Waals surface area contributed by atoms with Crippen molar-refractivity contribution < 1.29 is 9.18 Å². The molecule has 0 unspecified atom stereocenters. The third-order valence-corrected chi connectivity index (χ3v) is 7.54. The fraction of sp³-hybridized carbons (Fsp3) is 0.519. The highest BCUT2D eigenvalue weighted by Gasteiger charge is 2.29. The maximum absolute atomic E-state index is 13.1. The maximum Gasteiger partial charge on any atom is 0.231 e. The number of benzene rings is 2. The first-order valence-electron chi connectivity index (χ1n) is 12.3. The Morgan fingerprint density at radius 1 is 0.844 bits per heavy atom. The Hall–Kier alpha value is -2.24. The fourth-order valence-electron chi connectivity index (χ4n) is 5.60. The normalized spacial score (nSPS) is 20.7. The number of rotatable bonds is 6. The van der Waals surface area contributed by atoms with Gasteiger partial charge in [-0.15, -0.1) is 0 Å². The average Bonchev–Trinajstić information content (AvgIpc) is 3.15. The van der Waals surface area contributed by atoms with E-state index in [4.69, 9.17) is 0 Å². The lowest BCUT2D eigenvalue weighted by Gasteiger charge is -2.35. The molecule has 2 heterocycles. The van der Waals surface area contributed by atoms with Gasteiger partial charge in [0.2, 0.25) is 5.91 Å². The van der Waals surface area contributed by atoms with Gasteiger partial charge in [-0.2, -0.15) is 0 Å². The molecule has 1 saturated carbocycles. The summed E-state index contributed by atoms with van der Waals surface area (Å²) in [6.45, 7) is 6.59. The predicted molar refractivity (Wildman–Crippen MR) is 126 cm³/mol. The van der Waals surface area contributed by atoms with E-state index in [2.05, 4.69) is 28.0 Å². The second-order valence-electron chi connectivity index (χ2n) is 9.69. The number of carbonyl (C=O) groups excluding carboxylic acids is 1. The van der Waals surface area contributed by atoms with Crippen LogP contribution in [0, 0.1) is 5.82 Å². The van der Waals surface area contributed by atoms with Crippen molar-refractivity contribution in [3.05, 3.63) is 65.0 Å². The first-order valence-corrected chi connectivity index (χ1v) is 12.3. The lowest BCUT2D eigenvalue weighted by molar-refractivity contribution is -0.117. The molecule has 2 fully saturated rings. The number of amides is 1. The lowest BCUT2D eigenvalue weighted by atomic mass is 9.83. The molecular formula is C27H34FN3O. The molecule has 4 nitrogen and oxygen atoms in total. The number of anilines is 1. The molecule has 0 N–H and O–H groups in total. The highest BCUT2D eigenvalue weighted by Crippen LogP contribution is 2.37. The van der Waals surface area contributed by atoms with E-state index in [1.54, 1.807) is 0 Å². The van der Waals surface area contributed by atoms with Gasteiger partial charge in [-0.3, -0.25) is 14.6 Å². The second kappa shape index (κ2) is 9.72. The largest absolute Gasteiger partial charge is 0.311 e. The first kappa shape index (κ1) is 21.6. The number of fused-ring (bicyclic) bond motifs is 1. The average molecular weight is 436 g/mol. The van der Waals surface area contributed by atoms with E-state index in [9.17, 15) is 9.18 Å². The molecule has 5 rings (SSSR count). The summed E-state index contributed by atoms with van der Waals surface area (Å²) < 4.78 is 13.1. The van der Waals surface area contributed by atoms with Crippen LogP contribution in [0.1, 0.15) is 54.7 Å². The van der Waals surface area contributed by atoms with Crippen LogP contribution in [-0.2, 0) is 17.8 Å². The van der Waals surface area contributed by atoms with Crippen LogP contribution in [0.25, 0.3) is 0 Å². The number of hydrogen-bond acceptors (Lipinski definition) is 3. The summed E-state index contributed by atoms with van der Waals surface area (Å²) in [4.78, 5) is 19.6. The molecule has 2 aliphatic heterocycles. The minimum atomic E-state index is -0.179. The molecule has 1 amide bonds. The molecule has 3 aliphatic rings. The van der Waals surface area contributed by atoms with E-state index in [0.717, 1.165) is 57.1 Å². The smallest absolute Gasteiger partial charge is 0.231 e. The molecule has 2 aromatic carbocycles. The van der Waals surface area contributed by atoms with Crippen LogP contribution in [0.5, 0.6) is 0 Å². The standard InChI is InChI=1S/C27H34FN3O/c28-25-9-6-21(7-10-25)20-30-14-12-29(13-15-30)16-17-31-26-11-8-23(18-24(26)19-27(31)32)22-4-2-1-3-5-22/h6-11,18,22H,1-5,12-17,19-20H2.